The molecule has 0 aliphatic carbocycles. The van der Waals surface area contributed by atoms with Crippen molar-refractivity contribution in [2.24, 2.45) is 5.92 Å². The number of rotatable bonds is 1. The SMILES string of the molecule is CC1CN(C(=O)C2CCNC2)CC(C)O1.Cl. The van der Waals surface area contributed by atoms with Crippen LogP contribution >= 0.6 is 12.4 Å². The Labute approximate surface area is 103 Å². The topological polar surface area (TPSA) is 41.6 Å². The zero-order valence-electron chi connectivity index (χ0n) is 9.94. The van der Waals surface area contributed by atoms with Gasteiger partial charge in [0.1, 0.15) is 0 Å². The first-order valence-corrected chi connectivity index (χ1v) is 5.82. The average molecular weight is 249 g/mol. The van der Waals surface area contributed by atoms with Gasteiger partial charge in [-0.3, -0.25) is 4.79 Å². The standard InChI is InChI=1S/C11H20N2O2.ClH/c1-8-6-13(7-9(2)15-8)11(14)10-3-4-12-5-10;/h8-10,12H,3-7H2,1-2H3;1H. The lowest BCUT2D eigenvalue weighted by Crippen LogP contribution is -2.50. The van der Waals surface area contributed by atoms with Crippen LogP contribution in [0.2, 0.25) is 0 Å². The van der Waals surface area contributed by atoms with Gasteiger partial charge in [-0.1, -0.05) is 0 Å². The monoisotopic (exact) mass is 248 g/mol. The molecule has 0 aromatic carbocycles. The summed E-state index contributed by atoms with van der Waals surface area (Å²) in [6.07, 6.45) is 1.33. The van der Waals surface area contributed by atoms with E-state index in [9.17, 15) is 4.79 Å². The van der Waals surface area contributed by atoms with Gasteiger partial charge in [0.05, 0.1) is 18.1 Å². The smallest absolute Gasteiger partial charge is 0.227 e. The summed E-state index contributed by atoms with van der Waals surface area (Å²) in [6.45, 7) is 7.38. The molecule has 0 spiro atoms. The number of carbonyl (C=O) groups excluding carboxylic acids is 1. The van der Waals surface area contributed by atoms with E-state index in [2.05, 4.69) is 5.32 Å². The highest BCUT2D eigenvalue weighted by Crippen LogP contribution is 2.17. The molecule has 2 saturated heterocycles. The van der Waals surface area contributed by atoms with E-state index in [-0.39, 0.29) is 30.5 Å². The number of hydrogen-bond acceptors (Lipinski definition) is 3. The number of ether oxygens (including phenoxy) is 1. The summed E-state index contributed by atoms with van der Waals surface area (Å²) in [5.74, 6) is 0.504. The summed E-state index contributed by atoms with van der Waals surface area (Å²) >= 11 is 0. The average Bonchev–Trinajstić information content (AvgIpc) is 2.67. The van der Waals surface area contributed by atoms with Crippen LogP contribution in [-0.4, -0.2) is 49.2 Å². The molecular formula is C11H21ClN2O2. The Balaban J connectivity index is 0.00000128. The Bertz CT molecular complexity index is 234. The fourth-order valence-electron chi connectivity index (χ4n) is 2.48. The maximum atomic E-state index is 12.1. The molecule has 2 fully saturated rings. The molecule has 3 unspecified atom stereocenters. The molecule has 3 atom stereocenters. The fraction of sp³-hybridized carbons (Fsp3) is 0.909. The van der Waals surface area contributed by atoms with Crippen molar-refractivity contribution in [3.05, 3.63) is 0 Å². The molecule has 16 heavy (non-hydrogen) atoms. The number of nitrogens with zero attached hydrogens (tertiary/aromatic N) is 1. The summed E-state index contributed by atoms with van der Waals surface area (Å²) in [4.78, 5) is 14.1. The highest BCUT2D eigenvalue weighted by Gasteiger charge is 2.31. The maximum absolute atomic E-state index is 12.1. The lowest BCUT2D eigenvalue weighted by Gasteiger charge is -2.36. The first-order chi connectivity index (χ1) is 7.16. The van der Waals surface area contributed by atoms with Gasteiger partial charge in [0.25, 0.3) is 0 Å². The van der Waals surface area contributed by atoms with Crippen molar-refractivity contribution in [3.8, 4) is 0 Å². The van der Waals surface area contributed by atoms with Crippen molar-refractivity contribution in [1.82, 2.24) is 10.2 Å². The van der Waals surface area contributed by atoms with Crippen LogP contribution < -0.4 is 5.32 Å². The van der Waals surface area contributed by atoms with Gasteiger partial charge in [0, 0.05) is 19.6 Å². The van der Waals surface area contributed by atoms with E-state index < -0.39 is 0 Å². The van der Waals surface area contributed by atoms with Crippen LogP contribution in [0.5, 0.6) is 0 Å². The molecule has 2 heterocycles. The number of halogens is 1. The molecule has 0 radical (unpaired) electrons. The Morgan fingerprint density at radius 1 is 1.31 bits per heavy atom. The van der Waals surface area contributed by atoms with Gasteiger partial charge < -0.3 is 15.0 Å². The summed E-state index contributed by atoms with van der Waals surface area (Å²) in [5.41, 5.74) is 0. The molecule has 0 aromatic rings. The number of amides is 1. The van der Waals surface area contributed by atoms with Crippen molar-refractivity contribution in [1.29, 1.82) is 0 Å². The minimum absolute atomic E-state index is 0. The molecule has 1 N–H and O–H groups in total. The molecule has 94 valence electrons. The summed E-state index contributed by atoms with van der Waals surface area (Å²) < 4.78 is 5.62. The first kappa shape index (κ1) is 13.7. The van der Waals surface area contributed by atoms with Crippen LogP contribution in [0.1, 0.15) is 20.3 Å². The first-order valence-electron chi connectivity index (χ1n) is 5.82. The Morgan fingerprint density at radius 3 is 2.44 bits per heavy atom. The quantitative estimate of drug-likeness (QED) is 0.741. The van der Waals surface area contributed by atoms with Crippen LogP contribution in [0.3, 0.4) is 0 Å². The van der Waals surface area contributed by atoms with Gasteiger partial charge in [-0.2, -0.15) is 0 Å². The second-order valence-corrected chi connectivity index (χ2v) is 4.69. The van der Waals surface area contributed by atoms with E-state index in [1.54, 1.807) is 0 Å². The summed E-state index contributed by atoms with van der Waals surface area (Å²) in [7, 11) is 0. The predicted octanol–water partition coefficient (Wildman–Crippen LogP) is 0.654. The predicted molar refractivity (Wildman–Crippen MR) is 64.8 cm³/mol. The second-order valence-electron chi connectivity index (χ2n) is 4.69. The van der Waals surface area contributed by atoms with Crippen molar-refractivity contribution in [2.75, 3.05) is 26.2 Å². The third kappa shape index (κ3) is 3.09. The van der Waals surface area contributed by atoms with Crippen LogP contribution in [0.15, 0.2) is 0 Å². The van der Waals surface area contributed by atoms with E-state index in [1.165, 1.54) is 0 Å². The Hall–Kier alpha value is -0.320. The molecule has 1 amide bonds. The lowest BCUT2D eigenvalue weighted by atomic mass is 10.1. The minimum Gasteiger partial charge on any atom is -0.372 e. The number of morpholine rings is 1. The highest BCUT2D eigenvalue weighted by molar-refractivity contribution is 5.85. The number of nitrogens with one attached hydrogen (secondary N) is 1. The molecule has 0 bridgehead atoms. The Kier molecular flexibility index (Phi) is 5.02. The van der Waals surface area contributed by atoms with Gasteiger partial charge in [-0.05, 0) is 26.8 Å². The number of hydrogen-bond donors (Lipinski definition) is 1. The van der Waals surface area contributed by atoms with Gasteiger partial charge >= 0.3 is 0 Å². The summed E-state index contributed by atoms with van der Waals surface area (Å²) in [5, 5.41) is 3.24. The van der Waals surface area contributed by atoms with Crippen LogP contribution in [-0.2, 0) is 9.53 Å². The number of carbonyl (C=O) groups is 1. The van der Waals surface area contributed by atoms with E-state index in [1.807, 2.05) is 18.7 Å². The van der Waals surface area contributed by atoms with Crippen molar-refractivity contribution in [2.45, 2.75) is 32.5 Å². The third-order valence-electron chi connectivity index (χ3n) is 3.14. The zero-order chi connectivity index (χ0) is 10.8. The van der Waals surface area contributed by atoms with Crippen LogP contribution in [0.4, 0.5) is 0 Å². The van der Waals surface area contributed by atoms with Crippen LogP contribution in [0.25, 0.3) is 0 Å². The second kappa shape index (κ2) is 5.84. The molecule has 2 rings (SSSR count). The van der Waals surface area contributed by atoms with E-state index in [0.29, 0.717) is 5.91 Å². The highest BCUT2D eigenvalue weighted by atomic mass is 35.5. The van der Waals surface area contributed by atoms with E-state index in [4.69, 9.17) is 4.74 Å². The van der Waals surface area contributed by atoms with E-state index >= 15 is 0 Å². The van der Waals surface area contributed by atoms with Gasteiger partial charge in [-0.15, -0.1) is 12.4 Å². The molecule has 0 aromatic heterocycles. The Morgan fingerprint density at radius 2 is 1.94 bits per heavy atom. The molecule has 0 saturated carbocycles. The maximum Gasteiger partial charge on any atom is 0.227 e. The third-order valence-corrected chi connectivity index (χ3v) is 3.14. The molecular weight excluding hydrogens is 228 g/mol. The lowest BCUT2D eigenvalue weighted by molar-refractivity contribution is -0.146. The van der Waals surface area contributed by atoms with Gasteiger partial charge in [0.15, 0.2) is 0 Å². The largest absolute Gasteiger partial charge is 0.372 e. The fourth-order valence-corrected chi connectivity index (χ4v) is 2.48. The summed E-state index contributed by atoms with van der Waals surface area (Å²) in [6, 6.07) is 0. The van der Waals surface area contributed by atoms with Gasteiger partial charge in [0.2, 0.25) is 5.91 Å². The van der Waals surface area contributed by atoms with Crippen LogP contribution in [0, 0.1) is 5.92 Å². The van der Waals surface area contributed by atoms with Crippen molar-refractivity contribution < 1.29 is 9.53 Å². The molecule has 5 heteroatoms. The van der Waals surface area contributed by atoms with E-state index in [0.717, 1.165) is 32.6 Å². The molecule has 2 aliphatic rings. The molecule has 2 aliphatic heterocycles. The minimum atomic E-state index is 0. The molecule has 4 nitrogen and oxygen atoms in total. The van der Waals surface area contributed by atoms with Crippen molar-refractivity contribution >= 4 is 18.3 Å². The normalized spacial score (nSPS) is 34.6. The zero-order valence-corrected chi connectivity index (χ0v) is 10.8. The van der Waals surface area contributed by atoms with Gasteiger partial charge in [-0.25, -0.2) is 0 Å². The van der Waals surface area contributed by atoms with Crippen molar-refractivity contribution in [3.63, 3.8) is 0 Å².